The van der Waals surface area contributed by atoms with Gasteiger partial charge in [-0.25, -0.2) is 4.98 Å². The molecule has 2 heterocycles. The molecular formula is C24H24ClN3O2S. The van der Waals surface area contributed by atoms with Crippen molar-refractivity contribution in [3.63, 3.8) is 0 Å². The maximum atomic E-state index is 6.36. The Morgan fingerprint density at radius 2 is 1.77 bits per heavy atom. The van der Waals surface area contributed by atoms with E-state index in [1.165, 1.54) is 5.56 Å². The molecule has 0 spiro atoms. The van der Waals surface area contributed by atoms with Crippen LogP contribution in [0.2, 0.25) is 5.28 Å². The van der Waals surface area contributed by atoms with E-state index in [1.807, 2.05) is 18.2 Å². The minimum Gasteiger partial charge on any atom is -0.493 e. The zero-order valence-electron chi connectivity index (χ0n) is 18.2. The van der Waals surface area contributed by atoms with Crippen molar-refractivity contribution in [2.75, 3.05) is 25.7 Å². The maximum absolute atomic E-state index is 6.36. The molecule has 0 aliphatic carbocycles. The van der Waals surface area contributed by atoms with Crippen LogP contribution >= 0.6 is 22.9 Å². The molecule has 0 amide bonds. The standard InChI is InChI=1S/C24H24ClN3O2S/c1-6-28(17-9-7-8-14(2)12-17)22-21-20(15(3)31-23(21)27-24(25)26-22)16-10-11-18(29-4)19(13-16)30-5/h7-13H,6H2,1-5H3. The second-order valence-corrected chi connectivity index (χ2v) is 8.72. The number of rotatable bonds is 6. The van der Waals surface area contributed by atoms with Crippen LogP contribution in [0.5, 0.6) is 11.5 Å². The van der Waals surface area contributed by atoms with Crippen molar-refractivity contribution in [1.29, 1.82) is 0 Å². The zero-order valence-corrected chi connectivity index (χ0v) is 19.8. The first-order valence-electron chi connectivity index (χ1n) is 10.00. The Morgan fingerprint density at radius 3 is 2.45 bits per heavy atom. The molecule has 0 N–H and O–H groups in total. The summed E-state index contributed by atoms with van der Waals surface area (Å²) in [5.74, 6) is 2.18. The van der Waals surface area contributed by atoms with Gasteiger partial charge in [0.1, 0.15) is 10.6 Å². The van der Waals surface area contributed by atoms with Crippen LogP contribution in [-0.2, 0) is 0 Å². The average molecular weight is 454 g/mol. The van der Waals surface area contributed by atoms with E-state index in [4.69, 9.17) is 21.1 Å². The lowest BCUT2D eigenvalue weighted by atomic mass is 10.0. The predicted molar refractivity (Wildman–Crippen MR) is 130 cm³/mol. The van der Waals surface area contributed by atoms with Crippen molar-refractivity contribution in [3.05, 3.63) is 58.2 Å². The van der Waals surface area contributed by atoms with E-state index in [-0.39, 0.29) is 5.28 Å². The molecule has 31 heavy (non-hydrogen) atoms. The number of benzene rings is 2. The number of halogens is 1. The zero-order chi connectivity index (χ0) is 22.1. The molecule has 5 nitrogen and oxygen atoms in total. The second kappa shape index (κ2) is 8.73. The van der Waals surface area contributed by atoms with E-state index in [1.54, 1.807) is 25.6 Å². The maximum Gasteiger partial charge on any atom is 0.225 e. The monoisotopic (exact) mass is 453 g/mol. The highest BCUT2D eigenvalue weighted by Crippen LogP contribution is 2.45. The summed E-state index contributed by atoms with van der Waals surface area (Å²) in [6.45, 7) is 7.04. The Labute approximate surface area is 191 Å². The first kappa shape index (κ1) is 21.4. The van der Waals surface area contributed by atoms with Gasteiger partial charge in [0, 0.05) is 22.7 Å². The van der Waals surface area contributed by atoms with E-state index in [0.29, 0.717) is 11.5 Å². The lowest BCUT2D eigenvalue weighted by molar-refractivity contribution is 0.355. The average Bonchev–Trinajstić information content (AvgIpc) is 3.09. The van der Waals surface area contributed by atoms with Gasteiger partial charge in [-0.2, -0.15) is 4.98 Å². The van der Waals surface area contributed by atoms with Crippen LogP contribution in [0.15, 0.2) is 42.5 Å². The number of hydrogen-bond donors (Lipinski definition) is 0. The molecule has 0 unspecified atom stereocenters. The van der Waals surface area contributed by atoms with Crippen molar-refractivity contribution in [3.8, 4) is 22.6 Å². The summed E-state index contributed by atoms with van der Waals surface area (Å²) in [5.41, 5.74) is 4.36. The molecule has 0 radical (unpaired) electrons. The molecule has 0 saturated heterocycles. The topological polar surface area (TPSA) is 47.5 Å². The lowest BCUT2D eigenvalue weighted by Gasteiger charge is -2.24. The fourth-order valence-corrected chi connectivity index (χ4v) is 5.11. The van der Waals surface area contributed by atoms with Gasteiger partial charge >= 0.3 is 0 Å². The predicted octanol–water partition coefficient (Wildman–Crippen LogP) is 6.80. The molecule has 0 fully saturated rings. The van der Waals surface area contributed by atoms with Crippen molar-refractivity contribution < 1.29 is 9.47 Å². The Morgan fingerprint density at radius 1 is 1.00 bits per heavy atom. The number of hydrogen-bond acceptors (Lipinski definition) is 6. The molecule has 7 heteroatoms. The van der Waals surface area contributed by atoms with E-state index in [9.17, 15) is 0 Å². The number of aromatic nitrogens is 2. The van der Waals surface area contributed by atoms with E-state index < -0.39 is 0 Å². The van der Waals surface area contributed by atoms with Gasteiger partial charge in [-0.15, -0.1) is 11.3 Å². The number of anilines is 2. The van der Waals surface area contributed by atoms with E-state index >= 15 is 0 Å². The van der Waals surface area contributed by atoms with Crippen LogP contribution in [0, 0.1) is 13.8 Å². The van der Waals surface area contributed by atoms with Gasteiger partial charge < -0.3 is 14.4 Å². The van der Waals surface area contributed by atoms with Crippen LogP contribution < -0.4 is 14.4 Å². The summed E-state index contributed by atoms with van der Waals surface area (Å²) >= 11 is 7.98. The summed E-state index contributed by atoms with van der Waals surface area (Å²) in [4.78, 5) is 13.4. The minimum absolute atomic E-state index is 0.244. The fourth-order valence-electron chi connectivity index (χ4n) is 3.85. The molecule has 0 aliphatic heterocycles. The first-order chi connectivity index (χ1) is 15.0. The van der Waals surface area contributed by atoms with Crippen molar-refractivity contribution >= 4 is 44.7 Å². The first-order valence-corrected chi connectivity index (χ1v) is 11.2. The summed E-state index contributed by atoms with van der Waals surface area (Å²) in [6.07, 6.45) is 0. The van der Waals surface area contributed by atoms with Crippen molar-refractivity contribution in [2.45, 2.75) is 20.8 Å². The highest BCUT2D eigenvalue weighted by atomic mass is 35.5. The molecule has 4 aromatic rings. The molecule has 0 aliphatic rings. The third-order valence-corrected chi connectivity index (χ3v) is 6.41. The van der Waals surface area contributed by atoms with E-state index in [0.717, 1.165) is 44.3 Å². The number of aryl methyl sites for hydroxylation is 2. The normalized spacial score (nSPS) is 11.0. The van der Waals surface area contributed by atoms with E-state index in [2.05, 4.69) is 59.9 Å². The van der Waals surface area contributed by atoms with Crippen LogP contribution in [0.4, 0.5) is 11.5 Å². The highest BCUT2D eigenvalue weighted by molar-refractivity contribution is 7.19. The number of ether oxygens (including phenoxy) is 2. The van der Waals surface area contributed by atoms with Crippen LogP contribution in [0.1, 0.15) is 17.4 Å². The van der Waals surface area contributed by atoms with Gasteiger partial charge in [0.2, 0.25) is 5.28 Å². The Bertz CT molecular complexity index is 1260. The highest BCUT2D eigenvalue weighted by Gasteiger charge is 2.23. The fraction of sp³-hybridized carbons (Fsp3) is 0.250. The van der Waals surface area contributed by atoms with Crippen molar-refractivity contribution in [2.24, 2.45) is 0 Å². The number of fused-ring (bicyclic) bond motifs is 1. The Kier molecular flexibility index (Phi) is 6.03. The Balaban J connectivity index is 2.00. The van der Waals surface area contributed by atoms with Crippen LogP contribution in [-0.4, -0.2) is 30.7 Å². The Hall–Kier alpha value is -2.83. The molecule has 4 rings (SSSR count). The molecule has 0 bridgehead atoms. The summed E-state index contributed by atoms with van der Waals surface area (Å²) < 4.78 is 11.0. The number of thiophene rings is 1. The molecule has 160 valence electrons. The number of methoxy groups -OCH3 is 2. The molecule has 0 atom stereocenters. The molecule has 2 aromatic carbocycles. The van der Waals surface area contributed by atoms with Gasteiger partial charge in [-0.1, -0.05) is 18.2 Å². The van der Waals surface area contributed by atoms with Gasteiger partial charge in [0.25, 0.3) is 0 Å². The largest absolute Gasteiger partial charge is 0.493 e. The number of nitrogens with zero attached hydrogens (tertiary/aromatic N) is 3. The van der Waals surface area contributed by atoms with Crippen LogP contribution in [0.3, 0.4) is 0 Å². The van der Waals surface area contributed by atoms with Gasteiger partial charge in [-0.05, 0) is 67.8 Å². The van der Waals surface area contributed by atoms with Crippen molar-refractivity contribution in [1.82, 2.24) is 9.97 Å². The third-order valence-electron chi connectivity index (χ3n) is 5.24. The molecule has 2 aromatic heterocycles. The summed E-state index contributed by atoms with van der Waals surface area (Å²) in [6, 6.07) is 14.3. The minimum atomic E-state index is 0.244. The van der Waals surface area contributed by atoms with Gasteiger partial charge in [0.05, 0.1) is 19.6 Å². The van der Waals surface area contributed by atoms with Gasteiger partial charge in [0.15, 0.2) is 11.5 Å². The summed E-state index contributed by atoms with van der Waals surface area (Å²) in [5, 5.41) is 1.23. The second-order valence-electron chi connectivity index (χ2n) is 7.18. The SMILES string of the molecule is CCN(c1cccc(C)c1)c1nc(Cl)nc2sc(C)c(-c3ccc(OC)c(OC)c3)c12. The van der Waals surface area contributed by atoms with Crippen LogP contribution in [0.25, 0.3) is 21.3 Å². The summed E-state index contributed by atoms with van der Waals surface area (Å²) in [7, 11) is 3.28. The molecule has 0 saturated carbocycles. The quantitative estimate of drug-likeness (QED) is 0.300. The van der Waals surface area contributed by atoms with Gasteiger partial charge in [-0.3, -0.25) is 0 Å². The molecular weight excluding hydrogens is 430 g/mol. The lowest BCUT2D eigenvalue weighted by Crippen LogP contribution is -2.18. The smallest absolute Gasteiger partial charge is 0.225 e. The third kappa shape index (κ3) is 3.93.